The molecular weight excluding hydrogens is 240 g/mol. The summed E-state index contributed by atoms with van der Waals surface area (Å²) in [7, 11) is 0. The monoisotopic (exact) mass is 260 g/mol. The van der Waals surface area contributed by atoms with Crippen molar-refractivity contribution in [3.8, 4) is 0 Å². The first-order chi connectivity index (χ1) is 9.04. The number of nitrogens with zero attached hydrogens (tertiary/aromatic N) is 2. The van der Waals surface area contributed by atoms with Gasteiger partial charge in [-0.15, -0.1) is 0 Å². The highest BCUT2D eigenvalue weighted by Crippen LogP contribution is 2.12. The summed E-state index contributed by atoms with van der Waals surface area (Å²) in [4.78, 5) is 4.32. The van der Waals surface area contributed by atoms with Crippen molar-refractivity contribution < 1.29 is 9.63 Å². The Morgan fingerprint density at radius 3 is 2.79 bits per heavy atom. The zero-order valence-corrected chi connectivity index (χ0v) is 11.6. The molecule has 1 unspecified atom stereocenters. The highest BCUT2D eigenvalue weighted by molar-refractivity contribution is 5.24. The van der Waals surface area contributed by atoms with E-state index in [1.165, 1.54) is 5.56 Å². The topological polar surface area (TPSA) is 59.2 Å². The van der Waals surface area contributed by atoms with Crippen LogP contribution < -0.4 is 0 Å². The normalized spacial score (nSPS) is 12.9. The lowest BCUT2D eigenvalue weighted by Crippen LogP contribution is -2.17. The average Bonchev–Trinajstić information content (AvgIpc) is 2.76. The molecule has 2 rings (SSSR count). The highest BCUT2D eigenvalue weighted by atomic mass is 16.5. The molecule has 1 N–H and O–H groups in total. The molecule has 4 heteroatoms. The second kappa shape index (κ2) is 5.97. The predicted molar refractivity (Wildman–Crippen MR) is 72.8 cm³/mol. The highest BCUT2D eigenvalue weighted by Gasteiger charge is 2.15. The average molecular weight is 260 g/mol. The summed E-state index contributed by atoms with van der Waals surface area (Å²) < 4.78 is 5.17. The van der Waals surface area contributed by atoms with E-state index in [-0.39, 0.29) is 5.92 Å². The molecule has 1 atom stereocenters. The van der Waals surface area contributed by atoms with E-state index < -0.39 is 6.10 Å². The van der Waals surface area contributed by atoms with Crippen molar-refractivity contribution in [3.05, 3.63) is 47.1 Å². The number of hydrogen-bond acceptors (Lipinski definition) is 4. The maximum atomic E-state index is 9.79. The van der Waals surface area contributed by atoms with E-state index in [1.807, 2.05) is 26.0 Å². The van der Waals surface area contributed by atoms with E-state index >= 15 is 0 Å². The Morgan fingerprint density at radius 1 is 1.32 bits per heavy atom. The summed E-state index contributed by atoms with van der Waals surface area (Å²) in [6.07, 6.45) is 0.633. The lowest BCUT2D eigenvalue weighted by Gasteiger charge is -2.10. The summed E-state index contributed by atoms with van der Waals surface area (Å²) in [5.41, 5.74) is 2.38. The van der Waals surface area contributed by atoms with Crippen LogP contribution >= 0.6 is 0 Å². The van der Waals surface area contributed by atoms with Crippen LogP contribution in [0.1, 0.15) is 36.7 Å². The van der Waals surface area contributed by atoms with Crippen molar-refractivity contribution >= 4 is 0 Å². The van der Waals surface area contributed by atoms with Crippen molar-refractivity contribution in [2.24, 2.45) is 5.92 Å². The van der Waals surface area contributed by atoms with Gasteiger partial charge in [-0.3, -0.25) is 0 Å². The van der Waals surface area contributed by atoms with Gasteiger partial charge in [0, 0.05) is 6.42 Å². The van der Waals surface area contributed by atoms with Crippen LogP contribution in [-0.4, -0.2) is 21.4 Å². The Bertz CT molecular complexity index is 534. The maximum Gasteiger partial charge on any atom is 0.229 e. The SMILES string of the molecule is Cc1cccc(Cc2noc(CC(O)C(C)C)n2)c1. The molecule has 1 aromatic carbocycles. The first kappa shape index (κ1) is 13.7. The Balaban J connectivity index is 2.01. The Morgan fingerprint density at radius 2 is 2.11 bits per heavy atom. The Labute approximate surface area is 113 Å². The minimum atomic E-state index is -0.438. The number of aliphatic hydroxyl groups is 1. The van der Waals surface area contributed by atoms with Gasteiger partial charge in [-0.25, -0.2) is 0 Å². The van der Waals surface area contributed by atoms with Crippen molar-refractivity contribution in [2.45, 2.75) is 39.7 Å². The molecule has 0 aliphatic carbocycles. The molecular formula is C15H20N2O2. The van der Waals surface area contributed by atoms with E-state index in [1.54, 1.807) is 0 Å². The van der Waals surface area contributed by atoms with Gasteiger partial charge in [0.2, 0.25) is 5.89 Å². The van der Waals surface area contributed by atoms with Gasteiger partial charge in [-0.05, 0) is 18.4 Å². The number of rotatable bonds is 5. The molecule has 102 valence electrons. The second-order valence-electron chi connectivity index (χ2n) is 5.29. The van der Waals surface area contributed by atoms with Gasteiger partial charge in [-0.1, -0.05) is 48.8 Å². The largest absolute Gasteiger partial charge is 0.392 e. The predicted octanol–water partition coefficient (Wildman–Crippen LogP) is 2.53. The van der Waals surface area contributed by atoms with E-state index in [2.05, 4.69) is 29.2 Å². The van der Waals surface area contributed by atoms with E-state index in [0.29, 0.717) is 24.6 Å². The van der Waals surface area contributed by atoms with Crippen LogP contribution in [0.3, 0.4) is 0 Å². The Hall–Kier alpha value is -1.68. The minimum absolute atomic E-state index is 0.187. The first-order valence-electron chi connectivity index (χ1n) is 6.59. The Kier molecular flexibility index (Phi) is 4.32. The van der Waals surface area contributed by atoms with Crippen LogP contribution in [0.4, 0.5) is 0 Å². The molecule has 0 aliphatic heterocycles. The quantitative estimate of drug-likeness (QED) is 0.897. The molecule has 2 aromatic rings. The summed E-state index contributed by atoms with van der Waals surface area (Å²) in [6, 6.07) is 8.24. The van der Waals surface area contributed by atoms with Crippen molar-refractivity contribution in [2.75, 3.05) is 0 Å². The summed E-state index contributed by atoms with van der Waals surface area (Å²) in [5.74, 6) is 1.35. The third-order valence-corrected chi connectivity index (χ3v) is 3.11. The van der Waals surface area contributed by atoms with Crippen LogP contribution in [0.5, 0.6) is 0 Å². The van der Waals surface area contributed by atoms with Crippen LogP contribution in [0, 0.1) is 12.8 Å². The van der Waals surface area contributed by atoms with Crippen molar-refractivity contribution in [1.82, 2.24) is 10.1 Å². The summed E-state index contributed by atoms with van der Waals surface area (Å²) in [6.45, 7) is 5.99. The van der Waals surface area contributed by atoms with Gasteiger partial charge in [0.15, 0.2) is 5.82 Å². The fraction of sp³-hybridized carbons (Fsp3) is 0.467. The molecule has 0 saturated carbocycles. The maximum absolute atomic E-state index is 9.79. The van der Waals surface area contributed by atoms with Crippen molar-refractivity contribution in [3.63, 3.8) is 0 Å². The molecule has 1 heterocycles. The summed E-state index contributed by atoms with van der Waals surface area (Å²) in [5, 5.41) is 13.7. The number of benzene rings is 1. The standard InChI is InChI=1S/C15H20N2O2/c1-10(2)13(18)9-15-16-14(17-19-15)8-12-6-4-5-11(3)7-12/h4-7,10,13,18H,8-9H2,1-3H3. The third-order valence-electron chi connectivity index (χ3n) is 3.11. The fourth-order valence-electron chi connectivity index (χ4n) is 1.86. The first-order valence-corrected chi connectivity index (χ1v) is 6.59. The lowest BCUT2D eigenvalue weighted by molar-refractivity contribution is 0.116. The van der Waals surface area contributed by atoms with E-state index in [4.69, 9.17) is 4.52 Å². The smallest absolute Gasteiger partial charge is 0.229 e. The third kappa shape index (κ3) is 3.89. The molecule has 19 heavy (non-hydrogen) atoms. The number of aryl methyl sites for hydroxylation is 1. The molecule has 0 aliphatic rings. The van der Waals surface area contributed by atoms with Crippen LogP contribution in [0.2, 0.25) is 0 Å². The molecule has 0 fully saturated rings. The number of aromatic nitrogens is 2. The minimum Gasteiger partial charge on any atom is -0.392 e. The zero-order valence-electron chi connectivity index (χ0n) is 11.6. The number of aliphatic hydroxyl groups excluding tert-OH is 1. The van der Waals surface area contributed by atoms with E-state index in [9.17, 15) is 5.11 Å². The fourth-order valence-corrected chi connectivity index (χ4v) is 1.86. The van der Waals surface area contributed by atoms with Gasteiger partial charge in [0.1, 0.15) is 0 Å². The molecule has 1 aromatic heterocycles. The number of hydrogen-bond donors (Lipinski definition) is 1. The lowest BCUT2D eigenvalue weighted by atomic mass is 10.0. The molecule has 0 radical (unpaired) electrons. The van der Waals surface area contributed by atoms with Gasteiger partial charge >= 0.3 is 0 Å². The molecule has 0 amide bonds. The molecule has 4 nitrogen and oxygen atoms in total. The molecule has 0 bridgehead atoms. The summed E-state index contributed by atoms with van der Waals surface area (Å²) >= 11 is 0. The van der Waals surface area contributed by atoms with Gasteiger partial charge in [0.05, 0.1) is 12.5 Å². The second-order valence-corrected chi connectivity index (χ2v) is 5.29. The van der Waals surface area contributed by atoms with Crippen LogP contribution in [-0.2, 0) is 12.8 Å². The van der Waals surface area contributed by atoms with E-state index in [0.717, 1.165) is 5.56 Å². The van der Waals surface area contributed by atoms with Crippen LogP contribution in [0.15, 0.2) is 28.8 Å². The van der Waals surface area contributed by atoms with Gasteiger partial charge in [0.25, 0.3) is 0 Å². The van der Waals surface area contributed by atoms with Gasteiger partial charge in [-0.2, -0.15) is 4.98 Å². The van der Waals surface area contributed by atoms with Crippen LogP contribution in [0.25, 0.3) is 0 Å². The zero-order chi connectivity index (χ0) is 13.8. The molecule has 0 saturated heterocycles. The molecule has 0 spiro atoms. The van der Waals surface area contributed by atoms with Gasteiger partial charge < -0.3 is 9.63 Å². The van der Waals surface area contributed by atoms with Crippen molar-refractivity contribution in [1.29, 1.82) is 0 Å².